The second kappa shape index (κ2) is 5.05. The number of rotatable bonds is 2. The summed E-state index contributed by atoms with van der Waals surface area (Å²) in [7, 11) is 0. The number of aryl methyl sites for hydroxylation is 2. The first-order valence-corrected chi connectivity index (χ1v) is 6.50. The van der Waals surface area contributed by atoms with Crippen molar-refractivity contribution in [3.05, 3.63) is 23.5 Å². The van der Waals surface area contributed by atoms with Crippen LogP contribution in [0, 0.1) is 19.8 Å². The van der Waals surface area contributed by atoms with Gasteiger partial charge < -0.3 is 10.2 Å². The summed E-state index contributed by atoms with van der Waals surface area (Å²) in [6.07, 6.45) is 0. The highest BCUT2D eigenvalue weighted by molar-refractivity contribution is 5.51. The fourth-order valence-electron chi connectivity index (χ4n) is 2.46. The Hall–Kier alpha value is -1.09. The molecule has 1 atom stereocenters. The summed E-state index contributed by atoms with van der Waals surface area (Å²) in [6.45, 7) is 11.9. The van der Waals surface area contributed by atoms with Gasteiger partial charge in [0.25, 0.3) is 0 Å². The second-order valence-electron chi connectivity index (χ2n) is 5.31. The third kappa shape index (κ3) is 2.78. The molecule has 1 aliphatic heterocycles. The van der Waals surface area contributed by atoms with Gasteiger partial charge in [-0.05, 0) is 31.9 Å². The molecule has 0 radical (unpaired) electrons. The van der Waals surface area contributed by atoms with Crippen LogP contribution in [0.4, 0.5) is 5.69 Å². The van der Waals surface area contributed by atoms with E-state index in [-0.39, 0.29) is 0 Å². The molecule has 0 aromatic carbocycles. The molecule has 2 heterocycles. The molecule has 1 fully saturated rings. The van der Waals surface area contributed by atoms with E-state index in [2.05, 4.69) is 48.1 Å². The Morgan fingerprint density at radius 1 is 1.35 bits per heavy atom. The van der Waals surface area contributed by atoms with Crippen molar-refractivity contribution in [3.63, 3.8) is 0 Å². The molecule has 94 valence electrons. The fourth-order valence-corrected chi connectivity index (χ4v) is 2.46. The standard InChI is InChI=1S/C14H23N3/c1-10(2)13-9-17(8-7-15-13)14-6-5-11(3)16-12(14)4/h5-6,10,13,15H,7-9H2,1-4H3. The summed E-state index contributed by atoms with van der Waals surface area (Å²) in [5.74, 6) is 0.677. The SMILES string of the molecule is Cc1ccc(N2CCNC(C(C)C)C2)c(C)n1. The minimum absolute atomic E-state index is 0.587. The van der Waals surface area contributed by atoms with E-state index in [1.54, 1.807) is 0 Å². The molecule has 1 aliphatic rings. The van der Waals surface area contributed by atoms with Crippen LogP contribution in [0.25, 0.3) is 0 Å². The Labute approximate surface area is 104 Å². The number of hydrogen-bond acceptors (Lipinski definition) is 3. The van der Waals surface area contributed by atoms with Crippen LogP contribution in [0.3, 0.4) is 0 Å². The van der Waals surface area contributed by atoms with Crippen LogP contribution < -0.4 is 10.2 Å². The first-order valence-electron chi connectivity index (χ1n) is 6.50. The van der Waals surface area contributed by atoms with Gasteiger partial charge >= 0.3 is 0 Å². The summed E-state index contributed by atoms with van der Waals surface area (Å²) in [4.78, 5) is 7.02. The summed E-state index contributed by atoms with van der Waals surface area (Å²) >= 11 is 0. The lowest BCUT2D eigenvalue weighted by atomic mass is 10.0. The molecule has 3 heteroatoms. The van der Waals surface area contributed by atoms with Gasteiger partial charge in [-0.2, -0.15) is 0 Å². The van der Waals surface area contributed by atoms with E-state index in [0.717, 1.165) is 31.0 Å². The summed E-state index contributed by atoms with van der Waals surface area (Å²) < 4.78 is 0. The molecule has 1 saturated heterocycles. The quantitative estimate of drug-likeness (QED) is 0.848. The average Bonchev–Trinajstić information content (AvgIpc) is 2.29. The maximum atomic E-state index is 4.56. The summed E-state index contributed by atoms with van der Waals surface area (Å²) in [6, 6.07) is 4.90. The first kappa shape index (κ1) is 12.4. The van der Waals surface area contributed by atoms with Crippen LogP contribution >= 0.6 is 0 Å². The van der Waals surface area contributed by atoms with E-state index in [4.69, 9.17) is 0 Å². The summed E-state index contributed by atoms with van der Waals surface area (Å²) in [5, 5.41) is 3.59. The highest BCUT2D eigenvalue weighted by atomic mass is 15.2. The molecule has 1 aromatic heterocycles. The van der Waals surface area contributed by atoms with E-state index < -0.39 is 0 Å². The molecule has 1 N–H and O–H groups in total. The third-order valence-corrected chi connectivity index (χ3v) is 3.55. The minimum atomic E-state index is 0.587. The number of anilines is 1. The monoisotopic (exact) mass is 233 g/mol. The zero-order chi connectivity index (χ0) is 12.4. The van der Waals surface area contributed by atoms with Crippen molar-refractivity contribution in [1.82, 2.24) is 10.3 Å². The third-order valence-electron chi connectivity index (χ3n) is 3.55. The predicted molar refractivity (Wildman–Crippen MR) is 72.6 cm³/mol. The largest absolute Gasteiger partial charge is 0.367 e. The highest BCUT2D eigenvalue weighted by Gasteiger charge is 2.22. The lowest BCUT2D eigenvalue weighted by Gasteiger charge is -2.37. The Morgan fingerprint density at radius 2 is 2.12 bits per heavy atom. The van der Waals surface area contributed by atoms with Crippen LogP contribution in [0.2, 0.25) is 0 Å². The summed E-state index contributed by atoms with van der Waals surface area (Å²) in [5.41, 5.74) is 3.54. The Kier molecular flexibility index (Phi) is 3.67. The zero-order valence-electron chi connectivity index (χ0n) is 11.3. The Balaban J connectivity index is 2.16. The molecule has 17 heavy (non-hydrogen) atoms. The molecule has 2 rings (SSSR count). The van der Waals surface area contributed by atoms with Crippen molar-refractivity contribution >= 4 is 5.69 Å². The normalized spacial score (nSPS) is 21.0. The smallest absolute Gasteiger partial charge is 0.0608 e. The van der Waals surface area contributed by atoms with Crippen LogP contribution in [0.1, 0.15) is 25.2 Å². The van der Waals surface area contributed by atoms with Gasteiger partial charge in [-0.25, -0.2) is 0 Å². The maximum absolute atomic E-state index is 4.56. The molecule has 0 aliphatic carbocycles. The number of hydrogen-bond donors (Lipinski definition) is 1. The molecule has 1 aromatic rings. The predicted octanol–water partition coefficient (Wildman–Crippen LogP) is 2.13. The molecular weight excluding hydrogens is 210 g/mol. The number of aromatic nitrogens is 1. The fraction of sp³-hybridized carbons (Fsp3) is 0.643. The molecule has 0 amide bonds. The Morgan fingerprint density at radius 3 is 2.76 bits per heavy atom. The molecule has 1 unspecified atom stereocenters. The van der Waals surface area contributed by atoms with Crippen molar-refractivity contribution in [3.8, 4) is 0 Å². The maximum Gasteiger partial charge on any atom is 0.0608 e. The number of piperazine rings is 1. The lowest BCUT2D eigenvalue weighted by Crippen LogP contribution is -2.53. The van der Waals surface area contributed by atoms with Crippen molar-refractivity contribution in [2.75, 3.05) is 24.5 Å². The molecule has 0 saturated carbocycles. The van der Waals surface area contributed by atoms with Gasteiger partial charge in [0, 0.05) is 31.4 Å². The van der Waals surface area contributed by atoms with E-state index in [9.17, 15) is 0 Å². The molecular formula is C14H23N3. The van der Waals surface area contributed by atoms with E-state index in [1.807, 2.05) is 6.92 Å². The van der Waals surface area contributed by atoms with Gasteiger partial charge in [0.1, 0.15) is 0 Å². The van der Waals surface area contributed by atoms with E-state index >= 15 is 0 Å². The van der Waals surface area contributed by atoms with Crippen molar-refractivity contribution in [2.24, 2.45) is 5.92 Å². The van der Waals surface area contributed by atoms with Crippen molar-refractivity contribution in [2.45, 2.75) is 33.7 Å². The van der Waals surface area contributed by atoms with Gasteiger partial charge in [-0.3, -0.25) is 4.98 Å². The first-order chi connectivity index (χ1) is 8.08. The second-order valence-corrected chi connectivity index (χ2v) is 5.31. The Bertz CT molecular complexity index is 387. The number of pyridine rings is 1. The topological polar surface area (TPSA) is 28.2 Å². The van der Waals surface area contributed by atoms with Gasteiger partial charge in [0.05, 0.1) is 11.4 Å². The van der Waals surface area contributed by atoms with Crippen LogP contribution in [-0.4, -0.2) is 30.7 Å². The lowest BCUT2D eigenvalue weighted by molar-refractivity contribution is 0.368. The number of nitrogens with zero attached hydrogens (tertiary/aromatic N) is 2. The van der Waals surface area contributed by atoms with Crippen molar-refractivity contribution in [1.29, 1.82) is 0 Å². The van der Waals surface area contributed by atoms with Gasteiger partial charge in [0.15, 0.2) is 0 Å². The van der Waals surface area contributed by atoms with E-state index in [0.29, 0.717) is 12.0 Å². The minimum Gasteiger partial charge on any atom is -0.367 e. The van der Waals surface area contributed by atoms with Crippen molar-refractivity contribution < 1.29 is 0 Å². The molecule has 0 bridgehead atoms. The van der Waals surface area contributed by atoms with Crippen LogP contribution in [-0.2, 0) is 0 Å². The average molecular weight is 233 g/mol. The molecule has 3 nitrogen and oxygen atoms in total. The van der Waals surface area contributed by atoms with Gasteiger partial charge in [0.2, 0.25) is 0 Å². The van der Waals surface area contributed by atoms with Gasteiger partial charge in [-0.15, -0.1) is 0 Å². The number of nitrogens with one attached hydrogen (secondary N) is 1. The zero-order valence-corrected chi connectivity index (χ0v) is 11.3. The molecule has 0 spiro atoms. The van der Waals surface area contributed by atoms with Crippen LogP contribution in [0.5, 0.6) is 0 Å². The van der Waals surface area contributed by atoms with Gasteiger partial charge in [-0.1, -0.05) is 13.8 Å². The van der Waals surface area contributed by atoms with E-state index in [1.165, 1.54) is 5.69 Å². The highest BCUT2D eigenvalue weighted by Crippen LogP contribution is 2.21. The van der Waals surface area contributed by atoms with Crippen LogP contribution in [0.15, 0.2) is 12.1 Å².